The molecular formula is C10H16N2O2S. The van der Waals surface area contributed by atoms with Gasteiger partial charge in [0.15, 0.2) is 5.13 Å². The summed E-state index contributed by atoms with van der Waals surface area (Å²) in [4.78, 5) is 7.18. The number of hydrogen-bond donors (Lipinski definition) is 1. The molecule has 4 nitrogen and oxygen atoms in total. The van der Waals surface area contributed by atoms with Crippen molar-refractivity contribution in [2.75, 3.05) is 32.7 Å². The van der Waals surface area contributed by atoms with E-state index in [0.717, 1.165) is 15.6 Å². The highest BCUT2D eigenvalue weighted by Gasteiger charge is 2.10. The highest BCUT2D eigenvalue weighted by Crippen LogP contribution is 2.32. The number of thiazole rings is 1. The van der Waals surface area contributed by atoms with Crippen LogP contribution in [0.1, 0.15) is 11.8 Å². The molecule has 1 N–H and O–H groups in total. The van der Waals surface area contributed by atoms with Crippen LogP contribution < -0.4 is 9.64 Å². The molecule has 0 bridgehead atoms. The van der Waals surface area contributed by atoms with E-state index in [2.05, 4.69) is 4.98 Å². The number of aromatic nitrogens is 1. The number of hydrogen-bond acceptors (Lipinski definition) is 5. The van der Waals surface area contributed by atoms with E-state index < -0.39 is 0 Å². The van der Waals surface area contributed by atoms with Crippen molar-refractivity contribution < 1.29 is 9.84 Å². The first-order valence-electron chi connectivity index (χ1n) is 4.58. The Morgan fingerprint density at radius 1 is 1.60 bits per heavy atom. The van der Waals surface area contributed by atoms with Crippen molar-refractivity contribution in [2.45, 2.75) is 6.92 Å². The maximum absolute atomic E-state index is 8.94. The predicted molar refractivity (Wildman–Crippen MR) is 63.7 cm³/mol. The van der Waals surface area contributed by atoms with E-state index in [1.54, 1.807) is 7.11 Å². The van der Waals surface area contributed by atoms with E-state index >= 15 is 0 Å². The molecule has 0 aliphatic rings. The maximum Gasteiger partial charge on any atom is 0.233 e. The summed E-state index contributed by atoms with van der Waals surface area (Å²) in [6.07, 6.45) is 1.89. The van der Waals surface area contributed by atoms with E-state index in [1.807, 2.05) is 32.0 Å². The van der Waals surface area contributed by atoms with E-state index in [0.29, 0.717) is 5.88 Å². The van der Waals surface area contributed by atoms with Gasteiger partial charge in [0.2, 0.25) is 5.88 Å². The molecule has 1 rings (SSSR count). The van der Waals surface area contributed by atoms with Crippen LogP contribution in [0.2, 0.25) is 0 Å². The first-order valence-corrected chi connectivity index (χ1v) is 5.40. The van der Waals surface area contributed by atoms with Gasteiger partial charge in [-0.25, -0.2) is 0 Å². The van der Waals surface area contributed by atoms with E-state index in [9.17, 15) is 0 Å². The van der Waals surface area contributed by atoms with Crippen molar-refractivity contribution in [3.63, 3.8) is 0 Å². The van der Waals surface area contributed by atoms with Crippen LogP contribution in [0, 0.1) is 0 Å². The summed E-state index contributed by atoms with van der Waals surface area (Å²) < 4.78 is 5.17. The maximum atomic E-state index is 8.94. The molecule has 1 aromatic heterocycles. The zero-order chi connectivity index (χ0) is 11.4. The Labute approximate surface area is 93.8 Å². The second-order valence-electron chi connectivity index (χ2n) is 3.41. The molecule has 0 aromatic carbocycles. The van der Waals surface area contributed by atoms with Crippen LogP contribution in [0.15, 0.2) is 5.57 Å². The molecule has 0 unspecified atom stereocenters. The molecule has 5 heteroatoms. The normalized spacial score (nSPS) is 11.7. The smallest absolute Gasteiger partial charge is 0.233 e. The van der Waals surface area contributed by atoms with Crippen LogP contribution >= 0.6 is 11.3 Å². The lowest BCUT2D eigenvalue weighted by molar-refractivity contribution is 0.332. The summed E-state index contributed by atoms with van der Waals surface area (Å²) in [5, 5.41) is 9.83. The van der Waals surface area contributed by atoms with Crippen LogP contribution in [-0.2, 0) is 0 Å². The highest BCUT2D eigenvalue weighted by molar-refractivity contribution is 7.16. The molecule has 1 heterocycles. The van der Waals surface area contributed by atoms with Crippen molar-refractivity contribution in [1.82, 2.24) is 4.98 Å². The quantitative estimate of drug-likeness (QED) is 0.850. The minimum Gasteiger partial charge on any atom is -0.480 e. The molecular weight excluding hydrogens is 212 g/mol. The fourth-order valence-electron chi connectivity index (χ4n) is 1.00. The third kappa shape index (κ3) is 2.94. The first kappa shape index (κ1) is 12.0. The molecule has 84 valence electrons. The number of nitrogens with zero attached hydrogens (tertiary/aromatic N) is 2. The second kappa shape index (κ2) is 5.14. The third-order valence-electron chi connectivity index (χ3n) is 1.81. The van der Waals surface area contributed by atoms with Crippen molar-refractivity contribution in [3.8, 4) is 5.88 Å². The molecule has 1 aromatic rings. The number of anilines is 1. The highest BCUT2D eigenvalue weighted by atomic mass is 32.1. The predicted octanol–water partition coefficient (Wildman–Crippen LogP) is 1.61. The van der Waals surface area contributed by atoms with Gasteiger partial charge in [-0.1, -0.05) is 11.3 Å². The zero-order valence-corrected chi connectivity index (χ0v) is 10.3. The lowest BCUT2D eigenvalue weighted by Gasteiger charge is -2.04. The second-order valence-corrected chi connectivity index (χ2v) is 4.42. The van der Waals surface area contributed by atoms with Crippen molar-refractivity contribution in [2.24, 2.45) is 0 Å². The van der Waals surface area contributed by atoms with Gasteiger partial charge in [-0.15, -0.1) is 0 Å². The SMILES string of the molecule is COc1nc(N(C)C)sc1C=C(C)CO. The summed E-state index contributed by atoms with van der Waals surface area (Å²) in [7, 11) is 5.47. The fraction of sp³-hybridized carbons (Fsp3) is 0.500. The molecule has 0 amide bonds. The molecule has 0 spiro atoms. The molecule has 0 atom stereocenters. The van der Waals surface area contributed by atoms with Gasteiger partial charge in [0.1, 0.15) is 0 Å². The monoisotopic (exact) mass is 228 g/mol. The molecule has 0 saturated carbocycles. The Bertz CT molecular complexity index is 358. The Hall–Kier alpha value is -1.07. The van der Waals surface area contributed by atoms with E-state index in [1.165, 1.54) is 11.3 Å². The lowest BCUT2D eigenvalue weighted by atomic mass is 10.3. The number of aliphatic hydroxyl groups is 1. The molecule has 0 radical (unpaired) electrons. The van der Waals surface area contributed by atoms with Gasteiger partial charge < -0.3 is 14.7 Å². The summed E-state index contributed by atoms with van der Waals surface area (Å²) >= 11 is 1.54. The standard InChI is InChI=1S/C10H16N2O2S/c1-7(6-13)5-8-9(14-4)11-10(15-8)12(2)3/h5,13H,6H2,1-4H3. The Morgan fingerprint density at radius 2 is 2.27 bits per heavy atom. The third-order valence-corrected chi connectivity index (χ3v) is 2.96. The first-order chi connectivity index (χ1) is 7.08. The van der Waals surface area contributed by atoms with Gasteiger partial charge in [0, 0.05) is 14.1 Å². The van der Waals surface area contributed by atoms with Crippen LogP contribution in [0.25, 0.3) is 6.08 Å². The number of methoxy groups -OCH3 is 1. The average molecular weight is 228 g/mol. The van der Waals surface area contributed by atoms with Crippen LogP contribution in [0.3, 0.4) is 0 Å². The van der Waals surface area contributed by atoms with Gasteiger partial charge in [-0.3, -0.25) is 0 Å². The largest absolute Gasteiger partial charge is 0.480 e. The van der Waals surface area contributed by atoms with Gasteiger partial charge in [0.05, 0.1) is 18.6 Å². The van der Waals surface area contributed by atoms with Crippen LogP contribution in [0.5, 0.6) is 5.88 Å². The minimum absolute atomic E-state index is 0.0539. The molecule has 0 aliphatic heterocycles. The average Bonchev–Trinajstić information content (AvgIpc) is 2.61. The molecule has 15 heavy (non-hydrogen) atoms. The van der Waals surface area contributed by atoms with Gasteiger partial charge in [-0.2, -0.15) is 4.98 Å². The van der Waals surface area contributed by atoms with Crippen molar-refractivity contribution >= 4 is 22.5 Å². The number of aliphatic hydroxyl groups excluding tert-OH is 1. The van der Waals surface area contributed by atoms with Gasteiger partial charge >= 0.3 is 0 Å². The van der Waals surface area contributed by atoms with Crippen LogP contribution in [0.4, 0.5) is 5.13 Å². The van der Waals surface area contributed by atoms with Crippen LogP contribution in [-0.4, -0.2) is 37.9 Å². The van der Waals surface area contributed by atoms with Gasteiger partial charge in [-0.05, 0) is 18.6 Å². The molecule has 0 saturated heterocycles. The minimum atomic E-state index is 0.0539. The van der Waals surface area contributed by atoms with E-state index in [4.69, 9.17) is 9.84 Å². The number of rotatable bonds is 4. The Balaban J connectivity index is 3.06. The van der Waals surface area contributed by atoms with Gasteiger partial charge in [0.25, 0.3) is 0 Å². The molecule has 0 aliphatic carbocycles. The molecule has 0 fully saturated rings. The van der Waals surface area contributed by atoms with Crippen molar-refractivity contribution in [1.29, 1.82) is 0 Å². The van der Waals surface area contributed by atoms with E-state index in [-0.39, 0.29) is 6.61 Å². The topological polar surface area (TPSA) is 45.6 Å². The number of ether oxygens (including phenoxy) is 1. The summed E-state index contributed by atoms with van der Waals surface area (Å²) in [6, 6.07) is 0. The summed E-state index contributed by atoms with van der Waals surface area (Å²) in [5.74, 6) is 0.608. The lowest BCUT2D eigenvalue weighted by Crippen LogP contribution is -2.07. The fourth-order valence-corrected chi connectivity index (χ4v) is 1.99. The zero-order valence-electron chi connectivity index (χ0n) is 9.44. The Morgan fingerprint density at radius 3 is 2.73 bits per heavy atom. The summed E-state index contributed by atoms with van der Waals surface area (Å²) in [6.45, 7) is 1.92. The summed E-state index contributed by atoms with van der Waals surface area (Å²) in [5.41, 5.74) is 0.891. The van der Waals surface area contributed by atoms with Crippen molar-refractivity contribution in [3.05, 3.63) is 10.5 Å². The Kier molecular flexibility index (Phi) is 4.11.